The second-order valence-corrected chi connectivity index (χ2v) is 7.45. The number of terminal acetylenes is 1. The first kappa shape index (κ1) is 19.7. The smallest absolute Gasteiger partial charge is 0.255 e. The molecule has 142 valence electrons. The molecule has 6 nitrogen and oxygen atoms in total. The number of carbonyl (C=O) groups excluding carboxylic acids is 2. The van der Waals surface area contributed by atoms with E-state index in [1.165, 1.54) is 0 Å². The fraction of sp³-hybridized carbons (Fsp3) is 0.474. The topological polar surface area (TPSA) is 65.3 Å². The summed E-state index contributed by atoms with van der Waals surface area (Å²) in [6, 6.07) is 5.00. The number of hydrogen-bond acceptors (Lipinski definition) is 4. The van der Waals surface area contributed by atoms with E-state index < -0.39 is 5.66 Å². The van der Waals surface area contributed by atoms with Crippen LogP contribution in [0.2, 0.25) is 10.0 Å². The van der Waals surface area contributed by atoms with Crippen molar-refractivity contribution in [3.63, 3.8) is 0 Å². The van der Waals surface area contributed by atoms with Crippen LogP contribution >= 0.6 is 23.2 Å². The molecule has 0 bridgehead atoms. The highest BCUT2D eigenvalue weighted by atomic mass is 35.5. The zero-order valence-electron chi connectivity index (χ0n) is 14.8. The van der Waals surface area contributed by atoms with Crippen molar-refractivity contribution in [1.29, 1.82) is 0 Å². The number of carbonyl (C=O) groups is 2. The van der Waals surface area contributed by atoms with Crippen molar-refractivity contribution in [3.05, 3.63) is 33.8 Å². The number of nitrogens with zero attached hydrogens (tertiary/aromatic N) is 4. The molecule has 8 heteroatoms. The predicted octanol–water partition coefficient (Wildman–Crippen LogP) is 3.63. The number of benzene rings is 1. The van der Waals surface area contributed by atoms with Crippen molar-refractivity contribution in [2.24, 2.45) is 10.2 Å². The lowest BCUT2D eigenvalue weighted by molar-refractivity contribution is -0.132. The van der Waals surface area contributed by atoms with E-state index in [9.17, 15) is 9.59 Å². The molecule has 1 aromatic rings. The molecule has 2 aliphatic heterocycles. The third-order valence-electron chi connectivity index (χ3n) is 4.89. The van der Waals surface area contributed by atoms with Crippen LogP contribution < -0.4 is 0 Å². The maximum Gasteiger partial charge on any atom is 0.255 e. The summed E-state index contributed by atoms with van der Waals surface area (Å²) >= 11 is 12.1. The molecule has 0 saturated carbocycles. The van der Waals surface area contributed by atoms with Crippen LogP contribution in [-0.2, 0) is 4.79 Å². The van der Waals surface area contributed by atoms with Gasteiger partial charge in [0, 0.05) is 51.9 Å². The summed E-state index contributed by atoms with van der Waals surface area (Å²) in [5, 5.41) is 8.72. The summed E-state index contributed by atoms with van der Waals surface area (Å²) in [7, 11) is 0. The van der Waals surface area contributed by atoms with Gasteiger partial charge in [0.2, 0.25) is 5.91 Å². The van der Waals surface area contributed by atoms with Gasteiger partial charge in [0.15, 0.2) is 5.66 Å². The van der Waals surface area contributed by atoms with Crippen molar-refractivity contribution in [2.75, 3.05) is 26.2 Å². The normalized spacial score (nSPS) is 17.5. The molecule has 0 spiro atoms. The van der Waals surface area contributed by atoms with E-state index in [1.54, 1.807) is 28.0 Å². The lowest BCUT2D eigenvalue weighted by Crippen LogP contribution is -2.50. The van der Waals surface area contributed by atoms with Crippen LogP contribution in [0.1, 0.15) is 36.0 Å². The highest BCUT2D eigenvalue weighted by Gasteiger charge is 2.39. The highest BCUT2D eigenvalue weighted by molar-refractivity contribution is 6.43. The van der Waals surface area contributed by atoms with Gasteiger partial charge in [-0.05, 0) is 12.1 Å². The maximum absolute atomic E-state index is 12.7. The Morgan fingerprint density at radius 3 is 2.41 bits per heavy atom. The Hall–Kier alpha value is -2.10. The van der Waals surface area contributed by atoms with E-state index in [2.05, 4.69) is 16.1 Å². The monoisotopic (exact) mass is 406 g/mol. The quantitative estimate of drug-likeness (QED) is 0.676. The minimum absolute atomic E-state index is 0.0558. The molecular formula is C19H20Cl2N4O2. The van der Waals surface area contributed by atoms with Gasteiger partial charge in [-0.3, -0.25) is 9.59 Å². The molecule has 27 heavy (non-hydrogen) atoms. The van der Waals surface area contributed by atoms with Crippen molar-refractivity contribution < 1.29 is 9.59 Å². The molecule has 2 amide bonds. The SMILES string of the molecule is C#CCCC1(CCC(=O)N2CCN(C(=O)c3cccc(Cl)c3Cl)CC2)N=N1. The van der Waals surface area contributed by atoms with E-state index in [4.69, 9.17) is 29.6 Å². The molecule has 3 rings (SSSR count). The fourth-order valence-electron chi connectivity index (χ4n) is 3.13. The summed E-state index contributed by atoms with van der Waals surface area (Å²) in [6.45, 7) is 1.91. The molecule has 1 aromatic carbocycles. The Bertz CT molecular complexity index is 804. The Morgan fingerprint density at radius 1 is 1.11 bits per heavy atom. The minimum atomic E-state index is -0.441. The summed E-state index contributed by atoms with van der Waals surface area (Å²) in [6.07, 6.45) is 7.54. The average Bonchev–Trinajstić information content (AvgIpc) is 3.46. The van der Waals surface area contributed by atoms with Crippen molar-refractivity contribution in [1.82, 2.24) is 9.80 Å². The minimum Gasteiger partial charge on any atom is -0.339 e. The number of piperazine rings is 1. The molecule has 0 N–H and O–H groups in total. The molecule has 0 aromatic heterocycles. The van der Waals surface area contributed by atoms with Gasteiger partial charge in [-0.25, -0.2) is 0 Å². The predicted molar refractivity (Wildman–Crippen MR) is 104 cm³/mol. The van der Waals surface area contributed by atoms with Crippen LogP contribution in [0.4, 0.5) is 0 Å². The van der Waals surface area contributed by atoms with E-state index in [0.29, 0.717) is 62.4 Å². The van der Waals surface area contributed by atoms with Crippen molar-refractivity contribution in [3.8, 4) is 12.3 Å². The first-order valence-corrected chi connectivity index (χ1v) is 9.60. The Labute approximate surface area is 168 Å². The van der Waals surface area contributed by atoms with Crippen LogP contribution in [0.3, 0.4) is 0 Å². The largest absolute Gasteiger partial charge is 0.339 e. The zero-order valence-corrected chi connectivity index (χ0v) is 16.3. The number of hydrogen-bond donors (Lipinski definition) is 0. The Balaban J connectivity index is 1.48. The average molecular weight is 407 g/mol. The summed E-state index contributed by atoms with van der Waals surface area (Å²) in [5.41, 5.74) is -0.0558. The molecule has 2 heterocycles. The van der Waals surface area contributed by atoms with Gasteiger partial charge in [-0.1, -0.05) is 29.3 Å². The van der Waals surface area contributed by atoms with Gasteiger partial charge >= 0.3 is 0 Å². The van der Waals surface area contributed by atoms with Gasteiger partial charge in [0.25, 0.3) is 5.91 Å². The van der Waals surface area contributed by atoms with Gasteiger partial charge in [0.1, 0.15) is 0 Å². The second-order valence-electron chi connectivity index (χ2n) is 6.66. The van der Waals surface area contributed by atoms with E-state index in [0.717, 1.165) is 0 Å². The molecule has 0 unspecified atom stereocenters. The lowest BCUT2D eigenvalue weighted by atomic mass is 10.0. The van der Waals surface area contributed by atoms with E-state index >= 15 is 0 Å². The van der Waals surface area contributed by atoms with Gasteiger partial charge in [-0.2, -0.15) is 10.2 Å². The third-order valence-corrected chi connectivity index (χ3v) is 5.71. The molecule has 0 aliphatic carbocycles. The first-order chi connectivity index (χ1) is 13.0. The molecule has 1 fully saturated rings. The van der Waals surface area contributed by atoms with Gasteiger partial charge < -0.3 is 9.80 Å². The first-order valence-electron chi connectivity index (χ1n) is 8.84. The molecule has 2 aliphatic rings. The number of rotatable bonds is 6. The van der Waals surface area contributed by atoms with Gasteiger partial charge in [0.05, 0.1) is 15.6 Å². The second kappa shape index (κ2) is 8.28. The lowest BCUT2D eigenvalue weighted by Gasteiger charge is -2.35. The van der Waals surface area contributed by atoms with E-state index in [-0.39, 0.29) is 16.8 Å². The third kappa shape index (κ3) is 4.60. The zero-order chi connectivity index (χ0) is 19.4. The van der Waals surface area contributed by atoms with E-state index in [1.807, 2.05) is 0 Å². The number of halogens is 2. The highest BCUT2D eigenvalue weighted by Crippen LogP contribution is 2.37. The standard InChI is InChI=1S/C19H20Cl2N4O2/c1-2-3-8-19(22-23-19)9-7-16(26)24-10-12-25(13-11-24)18(27)14-5-4-6-15(20)17(14)21/h1,4-6H,3,7-13H2. The van der Waals surface area contributed by atoms with Crippen molar-refractivity contribution in [2.45, 2.75) is 31.3 Å². The van der Waals surface area contributed by atoms with Crippen LogP contribution in [0.15, 0.2) is 28.4 Å². The van der Waals surface area contributed by atoms with Crippen molar-refractivity contribution >= 4 is 35.0 Å². The molecule has 1 saturated heterocycles. The summed E-state index contributed by atoms with van der Waals surface area (Å²) in [5.74, 6) is 2.47. The van der Waals surface area contributed by atoms with Gasteiger partial charge in [-0.15, -0.1) is 12.3 Å². The van der Waals surface area contributed by atoms with Crippen LogP contribution in [0, 0.1) is 12.3 Å². The van der Waals surface area contributed by atoms with Crippen LogP contribution in [-0.4, -0.2) is 53.5 Å². The molecule has 0 radical (unpaired) electrons. The fourth-order valence-corrected chi connectivity index (χ4v) is 3.51. The Morgan fingerprint density at radius 2 is 1.78 bits per heavy atom. The molecular weight excluding hydrogens is 387 g/mol. The maximum atomic E-state index is 12.7. The van der Waals surface area contributed by atoms with Crippen LogP contribution in [0.5, 0.6) is 0 Å². The van der Waals surface area contributed by atoms with Crippen LogP contribution in [0.25, 0.3) is 0 Å². The summed E-state index contributed by atoms with van der Waals surface area (Å²) in [4.78, 5) is 28.6. The number of amides is 2. The summed E-state index contributed by atoms with van der Waals surface area (Å²) < 4.78 is 0. The molecule has 0 atom stereocenters. The Kier molecular flexibility index (Phi) is 6.03.